The smallest absolute Gasteiger partial charge is 0.346 e. The molecule has 20 heavy (non-hydrogen) atoms. The van der Waals surface area contributed by atoms with Crippen LogP contribution in [0.15, 0.2) is 12.4 Å². The normalized spacial score (nSPS) is 12.1. The van der Waals surface area contributed by atoms with Crippen LogP contribution in [0.25, 0.3) is 10.2 Å². The Hall–Kier alpha value is -1.08. The number of halogens is 4. The summed E-state index contributed by atoms with van der Waals surface area (Å²) < 4.78 is 38.0. The van der Waals surface area contributed by atoms with Crippen LogP contribution >= 0.6 is 22.9 Å². The van der Waals surface area contributed by atoms with Crippen LogP contribution in [0.1, 0.15) is 11.8 Å². The minimum Gasteiger partial charge on any atom is -0.346 e. The molecule has 8 heteroatoms. The third-order valence-corrected chi connectivity index (χ3v) is 4.09. The van der Waals surface area contributed by atoms with Gasteiger partial charge in [0.2, 0.25) is 0 Å². The van der Waals surface area contributed by atoms with Crippen LogP contribution in [0.2, 0.25) is 0 Å². The second kappa shape index (κ2) is 6.13. The number of thiophene rings is 1. The summed E-state index contributed by atoms with van der Waals surface area (Å²) in [5.41, 5.74) is 0. The molecule has 0 spiro atoms. The Labute approximate surface area is 123 Å². The van der Waals surface area contributed by atoms with Gasteiger partial charge in [0.15, 0.2) is 0 Å². The number of hydrogen-bond acceptors (Lipinski definition) is 4. The van der Waals surface area contributed by atoms with Crippen molar-refractivity contribution in [1.29, 1.82) is 0 Å². The van der Waals surface area contributed by atoms with Crippen LogP contribution in [0.3, 0.4) is 0 Å². The van der Waals surface area contributed by atoms with Crippen molar-refractivity contribution in [2.45, 2.75) is 19.5 Å². The van der Waals surface area contributed by atoms with Crippen LogP contribution in [-0.2, 0) is 6.42 Å². The molecule has 110 valence electrons. The first kappa shape index (κ1) is 15.3. The largest absolute Gasteiger partial charge is 0.405 e. The third kappa shape index (κ3) is 3.52. The van der Waals surface area contributed by atoms with E-state index in [2.05, 4.69) is 9.97 Å². The van der Waals surface area contributed by atoms with Gasteiger partial charge >= 0.3 is 6.18 Å². The van der Waals surface area contributed by atoms with Crippen molar-refractivity contribution in [3.63, 3.8) is 0 Å². The van der Waals surface area contributed by atoms with Crippen molar-refractivity contribution in [3.05, 3.63) is 17.3 Å². The fourth-order valence-electron chi connectivity index (χ4n) is 1.90. The number of aryl methyl sites for hydroxylation is 1. The molecule has 3 nitrogen and oxygen atoms in total. The molecule has 0 bridgehead atoms. The summed E-state index contributed by atoms with van der Waals surface area (Å²) in [5.74, 6) is 0.399. The predicted octanol–water partition coefficient (Wildman–Crippen LogP) is 3.86. The van der Waals surface area contributed by atoms with Crippen LogP contribution in [0.5, 0.6) is 0 Å². The second-order valence-corrected chi connectivity index (χ2v) is 5.70. The molecule has 0 aliphatic heterocycles. The SMILES string of the molecule is CCc1cc2c(N(CCCl)CC(F)(F)F)ncnc2s1. The standard InChI is InChI=1S/C12H13ClF3N3S/c1-2-8-5-9-10(17-7-18-11(9)20-8)19(4-3-13)6-12(14,15)16/h5,7H,2-4,6H2,1H3. The molecule has 0 aliphatic rings. The molecule has 0 amide bonds. The Morgan fingerprint density at radius 3 is 2.70 bits per heavy atom. The van der Waals surface area contributed by atoms with E-state index in [0.717, 1.165) is 16.2 Å². The lowest BCUT2D eigenvalue weighted by molar-refractivity contribution is -0.119. The number of rotatable bonds is 5. The van der Waals surface area contributed by atoms with Gasteiger partial charge in [0.05, 0.1) is 5.39 Å². The van der Waals surface area contributed by atoms with Gasteiger partial charge in [-0.2, -0.15) is 13.2 Å². The monoisotopic (exact) mass is 323 g/mol. The van der Waals surface area contributed by atoms with Crippen molar-refractivity contribution < 1.29 is 13.2 Å². The molecule has 0 saturated heterocycles. The molecule has 0 atom stereocenters. The van der Waals surface area contributed by atoms with Gasteiger partial charge in [-0.1, -0.05) is 6.92 Å². The Bertz CT molecular complexity index is 585. The van der Waals surface area contributed by atoms with Crippen molar-refractivity contribution in [1.82, 2.24) is 9.97 Å². The molecule has 0 fully saturated rings. The summed E-state index contributed by atoms with van der Waals surface area (Å²) in [4.78, 5) is 11.1. The van der Waals surface area contributed by atoms with E-state index in [-0.39, 0.29) is 12.4 Å². The molecule has 2 rings (SSSR count). The number of anilines is 1. The molecule has 0 saturated carbocycles. The third-order valence-electron chi connectivity index (χ3n) is 2.73. The van der Waals surface area contributed by atoms with Crippen molar-refractivity contribution in [2.24, 2.45) is 0 Å². The molecule has 0 radical (unpaired) electrons. The first-order valence-corrected chi connectivity index (χ1v) is 7.40. The minimum absolute atomic E-state index is 0.0878. The second-order valence-electron chi connectivity index (χ2n) is 4.21. The zero-order valence-corrected chi connectivity index (χ0v) is 12.3. The zero-order valence-electron chi connectivity index (χ0n) is 10.7. The summed E-state index contributed by atoms with van der Waals surface area (Å²) in [6.07, 6.45) is -2.19. The van der Waals surface area contributed by atoms with E-state index in [9.17, 15) is 13.2 Å². The van der Waals surface area contributed by atoms with Crippen molar-refractivity contribution >= 4 is 39.0 Å². The van der Waals surface area contributed by atoms with Gasteiger partial charge in [0, 0.05) is 17.3 Å². The van der Waals surface area contributed by atoms with E-state index >= 15 is 0 Å². The first-order valence-electron chi connectivity index (χ1n) is 6.05. The Morgan fingerprint density at radius 1 is 1.35 bits per heavy atom. The summed E-state index contributed by atoms with van der Waals surface area (Å²) in [6, 6.07) is 1.85. The number of aromatic nitrogens is 2. The van der Waals surface area contributed by atoms with E-state index in [1.165, 1.54) is 17.7 Å². The highest BCUT2D eigenvalue weighted by Gasteiger charge is 2.32. The van der Waals surface area contributed by atoms with Crippen molar-refractivity contribution in [3.8, 4) is 0 Å². The van der Waals surface area contributed by atoms with Crippen LogP contribution in [0.4, 0.5) is 19.0 Å². The Morgan fingerprint density at radius 2 is 2.10 bits per heavy atom. The van der Waals surface area contributed by atoms with Crippen LogP contribution < -0.4 is 4.90 Å². The Balaban J connectivity index is 2.44. The maximum atomic E-state index is 12.7. The lowest BCUT2D eigenvalue weighted by Crippen LogP contribution is -2.36. The highest BCUT2D eigenvalue weighted by molar-refractivity contribution is 7.18. The van der Waals surface area contributed by atoms with E-state index in [0.29, 0.717) is 16.0 Å². The van der Waals surface area contributed by atoms with Gasteiger partial charge in [-0.25, -0.2) is 9.97 Å². The molecule has 2 heterocycles. The highest BCUT2D eigenvalue weighted by atomic mass is 35.5. The number of alkyl halides is 4. The Kier molecular flexibility index (Phi) is 4.70. The van der Waals surface area contributed by atoms with Gasteiger partial charge in [-0.3, -0.25) is 0 Å². The lowest BCUT2D eigenvalue weighted by Gasteiger charge is -2.24. The van der Waals surface area contributed by atoms with Gasteiger partial charge in [0.25, 0.3) is 0 Å². The van der Waals surface area contributed by atoms with E-state index < -0.39 is 12.7 Å². The predicted molar refractivity (Wildman–Crippen MR) is 75.8 cm³/mol. The number of hydrogen-bond donors (Lipinski definition) is 0. The molecule has 2 aromatic rings. The minimum atomic E-state index is -4.30. The van der Waals surface area contributed by atoms with E-state index in [1.54, 1.807) is 0 Å². The molecule has 0 aliphatic carbocycles. The molecule has 0 N–H and O–H groups in total. The van der Waals surface area contributed by atoms with Gasteiger partial charge in [0.1, 0.15) is 23.5 Å². The van der Waals surface area contributed by atoms with Crippen molar-refractivity contribution in [2.75, 3.05) is 23.9 Å². The van der Waals surface area contributed by atoms with Gasteiger partial charge in [-0.05, 0) is 12.5 Å². The molecule has 0 aromatic carbocycles. The quantitative estimate of drug-likeness (QED) is 0.782. The zero-order chi connectivity index (χ0) is 14.8. The fraction of sp³-hybridized carbons (Fsp3) is 0.500. The lowest BCUT2D eigenvalue weighted by atomic mass is 10.3. The molecule has 2 aromatic heterocycles. The summed E-state index contributed by atoms with van der Waals surface area (Å²) in [5, 5.41) is 0.656. The fourth-order valence-corrected chi connectivity index (χ4v) is 3.03. The molecular weight excluding hydrogens is 311 g/mol. The maximum absolute atomic E-state index is 12.7. The molecular formula is C12H13ClF3N3S. The van der Waals surface area contributed by atoms with E-state index in [1.807, 2.05) is 13.0 Å². The molecule has 0 unspecified atom stereocenters. The van der Waals surface area contributed by atoms with E-state index in [4.69, 9.17) is 11.6 Å². The highest BCUT2D eigenvalue weighted by Crippen LogP contribution is 2.31. The maximum Gasteiger partial charge on any atom is 0.405 e. The number of fused-ring (bicyclic) bond motifs is 1. The summed E-state index contributed by atoms with van der Waals surface area (Å²) in [6.45, 7) is 1.01. The summed E-state index contributed by atoms with van der Waals surface area (Å²) >= 11 is 7.08. The van der Waals surface area contributed by atoms with Crippen LogP contribution in [-0.4, -0.2) is 35.1 Å². The first-order chi connectivity index (χ1) is 9.44. The topological polar surface area (TPSA) is 29.0 Å². The van der Waals surface area contributed by atoms with Gasteiger partial charge < -0.3 is 4.90 Å². The summed E-state index contributed by atoms with van der Waals surface area (Å²) in [7, 11) is 0. The average Bonchev–Trinajstić information content (AvgIpc) is 2.79. The average molecular weight is 324 g/mol. The van der Waals surface area contributed by atoms with Gasteiger partial charge in [-0.15, -0.1) is 22.9 Å². The van der Waals surface area contributed by atoms with Crippen LogP contribution in [0, 0.1) is 0 Å². The number of nitrogens with zero attached hydrogens (tertiary/aromatic N) is 3.